The Kier molecular flexibility index (Phi) is 3.66. The monoisotopic (exact) mass is 236 g/mol. The SMILES string of the molecule is C=C(C/C=C(\C)C(=C)C)C1=Cc2ccccc2C1. The number of benzene rings is 1. The first-order valence-corrected chi connectivity index (χ1v) is 6.37. The van der Waals surface area contributed by atoms with Crippen molar-refractivity contribution < 1.29 is 0 Å². The van der Waals surface area contributed by atoms with E-state index in [0.29, 0.717) is 0 Å². The van der Waals surface area contributed by atoms with Crippen LogP contribution in [0.15, 0.2) is 65.8 Å². The van der Waals surface area contributed by atoms with E-state index in [1.807, 2.05) is 6.92 Å². The number of allylic oxidation sites excluding steroid dienone is 5. The van der Waals surface area contributed by atoms with Crippen LogP contribution in [0.25, 0.3) is 6.08 Å². The molecule has 1 aliphatic carbocycles. The van der Waals surface area contributed by atoms with E-state index in [0.717, 1.165) is 18.4 Å². The van der Waals surface area contributed by atoms with Crippen LogP contribution in [0.2, 0.25) is 0 Å². The van der Waals surface area contributed by atoms with Crippen molar-refractivity contribution in [3.8, 4) is 0 Å². The van der Waals surface area contributed by atoms with E-state index in [9.17, 15) is 0 Å². The van der Waals surface area contributed by atoms with Gasteiger partial charge in [0, 0.05) is 0 Å². The largest absolute Gasteiger partial charge is 0.0959 e. The Balaban J connectivity index is 2.06. The van der Waals surface area contributed by atoms with Crippen molar-refractivity contribution in [1.82, 2.24) is 0 Å². The molecule has 2 rings (SSSR count). The molecule has 0 heteroatoms. The zero-order chi connectivity index (χ0) is 13.1. The van der Waals surface area contributed by atoms with E-state index in [-0.39, 0.29) is 0 Å². The summed E-state index contributed by atoms with van der Waals surface area (Å²) in [4.78, 5) is 0. The molecule has 1 aromatic carbocycles. The Labute approximate surface area is 110 Å². The van der Waals surface area contributed by atoms with Crippen molar-refractivity contribution >= 4 is 6.08 Å². The molecule has 18 heavy (non-hydrogen) atoms. The Morgan fingerprint density at radius 3 is 2.61 bits per heavy atom. The smallest absolute Gasteiger partial charge is 0.00170 e. The first-order chi connectivity index (χ1) is 8.58. The summed E-state index contributed by atoms with van der Waals surface area (Å²) in [6, 6.07) is 8.56. The van der Waals surface area contributed by atoms with E-state index in [1.54, 1.807) is 0 Å². The Hall–Kier alpha value is -1.82. The van der Waals surface area contributed by atoms with Crippen LogP contribution in [0, 0.1) is 0 Å². The van der Waals surface area contributed by atoms with E-state index < -0.39 is 0 Å². The molecule has 0 saturated heterocycles. The molecule has 0 aromatic heterocycles. The molecule has 0 radical (unpaired) electrons. The van der Waals surface area contributed by atoms with Gasteiger partial charge in [0.1, 0.15) is 0 Å². The van der Waals surface area contributed by atoms with Gasteiger partial charge in [-0.05, 0) is 49.0 Å². The normalized spacial score (nSPS) is 14.1. The maximum Gasteiger partial charge on any atom is -0.00170 e. The summed E-state index contributed by atoms with van der Waals surface area (Å²) < 4.78 is 0. The molecule has 0 nitrogen and oxygen atoms in total. The minimum atomic E-state index is 0.915. The first kappa shape index (κ1) is 12.6. The summed E-state index contributed by atoms with van der Waals surface area (Å²) in [5.74, 6) is 0. The summed E-state index contributed by atoms with van der Waals surface area (Å²) >= 11 is 0. The highest BCUT2D eigenvalue weighted by Gasteiger charge is 2.13. The van der Waals surface area contributed by atoms with Crippen LogP contribution >= 0.6 is 0 Å². The molecule has 1 aliphatic rings. The predicted octanol–water partition coefficient (Wildman–Crippen LogP) is 5.09. The van der Waals surface area contributed by atoms with Gasteiger partial charge in [0.25, 0.3) is 0 Å². The quantitative estimate of drug-likeness (QED) is 0.638. The molecular formula is C18H20. The minimum absolute atomic E-state index is 0.915. The van der Waals surface area contributed by atoms with E-state index in [2.05, 4.69) is 56.5 Å². The van der Waals surface area contributed by atoms with Crippen molar-refractivity contribution in [3.63, 3.8) is 0 Å². The maximum atomic E-state index is 4.21. The van der Waals surface area contributed by atoms with E-state index >= 15 is 0 Å². The third-order valence-corrected chi connectivity index (χ3v) is 3.55. The molecular weight excluding hydrogens is 216 g/mol. The van der Waals surface area contributed by atoms with Crippen molar-refractivity contribution in [1.29, 1.82) is 0 Å². The second-order valence-electron chi connectivity index (χ2n) is 5.02. The average Bonchev–Trinajstić information content (AvgIpc) is 2.79. The third-order valence-electron chi connectivity index (χ3n) is 3.55. The van der Waals surface area contributed by atoms with Gasteiger partial charge in [-0.25, -0.2) is 0 Å². The lowest BCUT2D eigenvalue weighted by atomic mass is 10.0. The Morgan fingerprint density at radius 2 is 1.94 bits per heavy atom. The molecule has 92 valence electrons. The van der Waals surface area contributed by atoms with Crippen LogP contribution in [0.5, 0.6) is 0 Å². The number of rotatable bonds is 4. The van der Waals surface area contributed by atoms with Crippen LogP contribution in [-0.2, 0) is 6.42 Å². The summed E-state index contributed by atoms with van der Waals surface area (Å²) in [5.41, 5.74) is 7.72. The van der Waals surface area contributed by atoms with Gasteiger partial charge in [-0.3, -0.25) is 0 Å². The lowest BCUT2D eigenvalue weighted by Gasteiger charge is -2.05. The van der Waals surface area contributed by atoms with E-state index in [1.165, 1.54) is 27.8 Å². The van der Waals surface area contributed by atoms with Crippen LogP contribution in [-0.4, -0.2) is 0 Å². The van der Waals surface area contributed by atoms with Gasteiger partial charge in [0.15, 0.2) is 0 Å². The van der Waals surface area contributed by atoms with Crippen LogP contribution in [0.1, 0.15) is 31.4 Å². The Morgan fingerprint density at radius 1 is 1.22 bits per heavy atom. The van der Waals surface area contributed by atoms with Crippen molar-refractivity contribution in [3.05, 3.63) is 76.9 Å². The molecule has 0 heterocycles. The van der Waals surface area contributed by atoms with Gasteiger partial charge in [0.05, 0.1) is 0 Å². The van der Waals surface area contributed by atoms with Crippen molar-refractivity contribution in [2.75, 3.05) is 0 Å². The summed E-state index contributed by atoms with van der Waals surface area (Å²) in [6.45, 7) is 12.3. The molecule has 0 atom stereocenters. The predicted molar refractivity (Wildman–Crippen MR) is 80.5 cm³/mol. The van der Waals surface area contributed by atoms with Crippen LogP contribution in [0.4, 0.5) is 0 Å². The van der Waals surface area contributed by atoms with Crippen LogP contribution in [0.3, 0.4) is 0 Å². The number of hydrogen-bond acceptors (Lipinski definition) is 0. The summed E-state index contributed by atoms with van der Waals surface area (Å²) in [5, 5.41) is 0. The van der Waals surface area contributed by atoms with Gasteiger partial charge >= 0.3 is 0 Å². The van der Waals surface area contributed by atoms with Crippen LogP contribution < -0.4 is 0 Å². The van der Waals surface area contributed by atoms with Gasteiger partial charge in [0.2, 0.25) is 0 Å². The maximum absolute atomic E-state index is 4.21. The highest BCUT2D eigenvalue weighted by Crippen LogP contribution is 2.30. The standard InChI is InChI=1S/C18H20/c1-13(2)14(3)9-10-15(4)18-11-16-7-5-6-8-17(16)12-18/h5-9,11H,1,4,10,12H2,2-3H3/b14-9+. The summed E-state index contributed by atoms with van der Waals surface area (Å²) in [7, 11) is 0. The van der Waals surface area contributed by atoms with Gasteiger partial charge in [-0.2, -0.15) is 0 Å². The molecule has 0 spiro atoms. The molecule has 0 aliphatic heterocycles. The molecule has 0 unspecified atom stereocenters. The topological polar surface area (TPSA) is 0 Å². The second kappa shape index (κ2) is 5.22. The molecule has 0 saturated carbocycles. The fourth-order valence-electron chi connectivity index (χ4n) is 2.09. The first-order valence-electron chi connectivity index (χ1n) is 6.37. The second-order valence-corrected chi connectivity index (χ2v) is 5.02. The fourth-order valence-corrected chi connectivity index (χ4v) is 2.09. The lowest BCUT2D eigenvalue weighted by Crippen LogP contribution is -1.89. The molecule has 0 N–H and O–H groups in total. The third kappa shape index (κ3) is 2.70. The zero-order valence-corrected chi connectivity index (χ0v) is 11.3. The van der Waals surface area contributed by atoms with Crippen molar-refractivity contribution in [2.24, 2.45) is 0 Å². The highest BCUT2D eigenvalue weighted by molar-refractivity contribution is 5.68. The van der Waals surface area contributed by atoms with Crippen molar-refractivity contribution in [2.45, 2.75) is 26.7 Å². The average molecular weight is 236 g/mol. The lowest BCUT2D eigenvalue weighted by molar-refractivity contribution is 1.13. The number of hydrogen-bond donors (Lipinski definition) is 0. The van der Waals surface area contributed by atoms with Gasteiger partial charge in [-0.1, -0.05) is 60.7 Å². The Bertz CT molecular complexity index is 553. The molecule has 0 amide bonds. The molecule has 0 fully saturated rings. The highest BCUT2D eigenvalue weighted by atomic mass is 14.2. The minimum Gasteiger partial charge on any atom is -0.0959 e. The van der Waals surface area contributed by atoms with E-state index in [4.69, 9.17) is 0 Å². The van der Waals surface area contributed by atoms with Gasteiger partial charge in [-0.15, -0.1) is 0 Å². The molecule has 0 bridgehead atoms. The molecule has 1 aromatic rings. The number of fused-ring (bicyclic) bond motifs is 1. The fraction of sp³-hybridized carbons (Fsp3) is 0.222. The van der Waals surface area contributed by atoms with Gasteiger partial charge < -0.3 is 0 Å². The summed E-state index contributed by atoms with van der Waals surface area (Å²) in [6.07, 6.45) is 6.42. The zero-order valence-electron chi connectivity index (χ0n) is 11.3.